The molecule has 0 aliphatic carbocycles. The van der Waals surface area contributed by atoms with E-state index < -0.39 is 5.97 Å². The SMILES string of the molecule is C[n+]1ccc(-c2csc(SC3=C(C(=O)[O-])N4C(=O)[CH][C@H]4SC3)n2)cc1. The summed E-state index contributed by atoms with van der Waals surface area (Å²) in [6.07, 6.45) is 5.41. The van der Waals surface area contributed by atoms with Gasteiger partial charge in [0.25, 0.3) is 0 Å². The first-order valence-corrected chi connectivity index (χ1v) is 10.1. The number of hydrogen-bond donors (Lipinski definition) is 0. The minimum atomic E-state index is -1.32. The fraction of sp³-hybridized carbons (Fsp3) is 0.188. The molecule has 2 aromatic rings. The lowest BCUT2D eigenvalue weighted by molar-refractivity contribution is -0.671. The molecule has 1 saturated heterocycles. The maximum atomic E-state index is 11.7. The van der Waals surface area contributed by atoms with Crippen molar-refractivity contribution in [1.82, 2.24) is 9.88 Å². The summed E-state index contributed by atoms with van der Waals surface area (Å²) in [6.45, 7) is 0. The molecule has 2 aromatic heterocycles. The first kappa shape index (κ1) is 16.6. The van der Waals surface area contributed by atoms with E-state index in [-0.39, 0.29) is 17.0 Å². The largest absolute Gasteiger partial charge is 0.543 e. The molecule has 0 bridgehead atoms. The Kier molecular flexibility index (Phi) is 4.30. The van der Waals surface area contributed by atoms with Gasteiger partial charge in [0, 0.05) is 33.7 Å². The standard InChI is InChI=1S/C16H12N3O3S3/c1-18-4-2-9(3-5-18)10-7-24-16(17-10)25-11-8-23-13-6-12(20)19(13)14(11)15(21)22/h2-7,13H,8H2,1H3/t13-/m1/s1. The van der Waals surface area contributed by atoms with Gasteiger partial charge >= 0.3 is 0 Å². The normalized spacial score (nSPS) is 19.6. The summed E-state index contributed by atoms with van der Waals surface area (Å²) in [4.78, 5) is 29.7. The van der Waals surface area contributed by atoms with Crippen LogP contribution >= 0.6 is 34.9 Å². The van der Waals surface area contributed by atoms with Gasteiger partial charge in [-0.25, -0.2) is 9.55 Å². The smallest absolute Gasteiger partial charge is 0.235 e. The second kappa shape index (κ2) is 6.47. The highest BCUT2D eigenvalue weighted by Gasteiger charge is 2.44. The second-order valence-corrected chi connectivity index (χ2v) is 8.79. The van der Waals surface area contributed by atoms with E-state index in [2.05, 4.69) is 4.98 Å². The summed E-state index contributed by atoms with van der Waals surface area (Å²) < 4.78 is 2.69. The van der Waals surface area contributed by atoms with Gasteiger partial charge in [-0.05, 0) is 0 Å². The number of hydrogen-bond acceptors (Lipinski definition) is 7. The summed E-state index contributed by atoms with van der Waals surface area (Å²) in [5.74, 6) is -1.08. The molecule has 4 rings (SSSR count). The maximum Gasteiger partial charge on any atom is 0.235 e. The van der Waals surface area contributed by atoms with E-state index in [1.165, 1.54) is 46.2 Å². The molecule has 9 heteroatoms. The Labute approximate surface area is 156 Å². The Morgan fingerprint density at radius 1 is 1.44 bits per heavy atom. The molecule has 0 aromatic carbocycles. The van der Waals surface area contributed by atoms with E-state index in [4.69, 9.17) is 0 Å². The number of rotatable bonds is 4. The predicted octanol–water partition coefficient (Wildman–Crippen LogP) is 0.808. The number of fused-ring (bicyclic) bond motifs is 1. The van der Waals surface area contributed by atoms with Crippen LogP contribution in [0.15, 0.2) is 44.8 Å². The summed E-state index contributed by atoms with van der Waals surface area (Å²) in [5.41, 5.74) is 1.82. The van der Waals surface area contributed by atoms with Crippen LogP contribution in [0.25, 0.3) is 11.3 Å². The third kappa shape index (κ3) is 3.07. The van der Waals surface area contributed by atoms with E-state index in [0.717, 1.165) is 15.6 Å². The lowest BCUT2D eigenvalue weighted by atomic mass is 10.1. The fourth-order valence-corrected chi connectivity index (χ4v) is 5.84. The number of carboxylic acid groups (broad SMARTS) is 1. The summed E-state index contributed by atoms with van der Waals surface area (Å²) in [7, 11) is 1.95. The molecule has 4 heterocycles. The highest BCUT2D eigenvalue weighted by atomic mass is 32.2. The van der Waals surface area contributed by atoms with E-state index in [0.29, 0.717) is 10.7 Å². The molecular weight excluding hydrogens is 378 g/mol. The molecule has 0 spiro atoms. The number of carbonyl (C=O) groups excluding carboxylic acids is 2. The fourth-order valence-electron chi connectivity index (χ4n) is 2.55. The van der Waals surface area contributed by atoms with Crippen molar-refractivity contribution < 1.29 is 19.3 Å². The lowest BCUT2D eigenvalue weighted by Crippen LogP contribution is -2.56. The van der Waals surface area contributed by atoms with E-state index in [1.807, 2.05) is 41.5 Å². The monoisotopic (exact) mass is 390 g/mol. The minimum Gasteiger partial charge on any atom is -0.543 e. The Morgan fingerprint density at radius 2 is 2.20 bits per heavy atom. The molecule has 2 aliphatic rings. The number of thioether (sulfide) groups is 2. The first-order chi connectivity index (χ1) is 12.0. The number of carboxylic acids is 1. The average Bonchev–Trinajstić information content (AvgIpc) is 3.04. The number of thiazole rings is 1. The zero-order valence-electron chi connectivity index (χ0n) is 13.0. The number of aromatic nitrogens is 2. The van der Waals surface area contributed by atoms with Crippen molar-refractivity contribution in [3.8, 4) is 11.3 Å². The zero-order valence-corrected chi connectivity index (χ0v) is 15.5. The van der Waals surface area contributed by atoms with Gasteiger partial charge in [0.2, 0.25) is 5.91 Å². The van der Waals surface area contributed by atoms with Gasteiger partial charge < -0.3 is 9.90 Å². The van der Waals surface area contributed by atoms with Gasteiger partial charge in [0.1, 0.15) is 7.05 Å². The number of aliphatic carboxylic acids is 1. The molecule has 1 fully saturated rings. The number of carbonyl (C=O) groups is 2. The molecule has 0 unspecified atom stereocenters. The van der Waals surface area contributed by atoms with Crippen LogP contribution in [0.2, 0.25) is 0 Å². The Bertz CT molecular complexity index is 892. The molecule has 25 heavy (non-hydrogen) atoms. The van der Waals surface area contributed by atoms with Gasteiger partial charge in [-0.3, -0.25) is 9.69 Å². The van der Waals surface area contributed by atoms with Crippen molar-refractivity contribution in [3.63, 3.8) is 0 Å². The Hall–Kier alpha value is -1.84. The van der Waals surface area contributed by atoms with Crippen LogP contribution in [0.1, 0.15) is 0 Å². The van der Waals surface area contributed by atoms with Crippen molar-refractivity contribution in [1.29, 1.82) is 0 Å². The Morgan fingerprint density at radius 3 is 2.88 bits per heavy atom. The second-order valence-electron chi connectivity index (χ2n) is 5.49. The van der Waals surface area contributed by atoms with Crippen LogP contribution in [0, 0.1) is 6.42 Å². The summed E-state index contributed by atoms with van der Waals surface area (Å²) in [6, 6.07) is 3.95. The van der Waals surface area contributed by atoms with Gasteiger partial charge in [0.05, 0.1) is 29.2 Å². The van der Waals surface area contributed by atoms with E-state index in [9.17, 15) is 14.7 Å². The third-order valence-corrected chi connectivity index (χ3v) is 7.18. The van der Waals surface area contributed by atoms with Gasteiger partial charge in [0.15, 0.2) is 16.7 Å². The molecule has 127 valence electrons. The van der Waals surface area contributed by atoms with Crippen LogP contribution in [-0.4, -0.2) is 32.9 Å². The van der Waals surface area contributed by atoms with Crippen LogP contribution < -0.4 is 9.67 Å². The number of aryl methyl sites for hydroxylation is 1. The Balaban J connectivity index is 1.61. The van der Waals surface area contributed by atoms with E-state index >= 15 is 0 Å². The number of nitrogens with zero attached hydrogens (tertiary/aromatic N) is 3. The average molecular weight is 390 g/mol. The zero-order chi connectivity index (χ0) is 17.6. The molecule has 6 nitrogen and oxygen atoms in total. The van der Waals surface area contributed by atoms with Crippen molar-refractivity contribution in [3.05, 3.63) is 46.9 Å². The van der Waals surface area contributed by atoms with Crippen LogP contribution in [0.4, 0.5) is 0 Å². The molecular formula is C16H12N3O3S3. The van der Waals surface area contributed by atoms with Crippen molar-refractivity contribution in [2.45, 2.75) is 9.71 Å². The van der Waals surface area contributed by atoms with Crippen LogP contribution in [-0.2, 0) is 16.6 Å². The third-order valence-electron chi connectivity index (χ3n) is 3.83. The molecule has 0 saturated carbocycles. The van der Waals surface area contributed by atoms with Crippen LogP contribution in [0.3, 0.4) is 0 Å². The highest BCUT2D eigenvalue weighted by molar-refractivity contribution is 8.07. The maximum absolute atomic E-state index is 11.7. The lowest BCUT2D eigenvalue weighted by Gasteiger charge is -2.45. The molecule has 2 aliphatic heterocycles. The topological polar surface area (TPSA) is 77.2 Å². The first-order valence-electron chi connectivity index (χ1n) is 7.36. The number of β-lactam (4-membered cyclic amide) rings is 1. The summed E-state index contributed by atoms with van der Waals surface area (Å²) >= 11 is 4.27. The van der Waals surface area contributed by atoms with E-state index in [1.54, 1.807) is 0 Å². The van der Waals surface area contributed by atoms with Gasteiger partial charge in [-0.15, -0.1) is 23.1 Å². The van der Waals surface area contributed by atoms with Crippen LogP contribution in [0.5, 0.6) is 0 Å². The quantitative estimate of drug-likeness (QED) is 0.568. The molecule has 1 amide bonds. The van der Waals surface area contributed by atoms with Gasteiger partial charge in [-0.1, -0.05) is 11.8 Å². The molecule has 0 N–H and O–H groups in total. The van der Waals surface area contributed by atoms with Gasteiger partial charge in [-0.2, -0.15) is 0 Å². The van der Waals surface area contributed by atoms with Crippen molar-refractivity contribution in [2.75, 3.05) is 5.75 Å². The minimum absolute atomic E-state index is 0.0234. The highest BCUT2D eigenvalue weighted by Crippen LogP contribution is 2.45. The molecule has 1 radical (unpaired) electrons. The molecule has 1 atom stereocenters. The predicted molar refractivity (Wildman–Crippen MR) is 94.0 cm³/mol. The summed E-state index contributed by atoms with van der Waals surface area (Å²) in [5, 5.41) is 13.3. The van der Waals surface area contributed by atoms with Crippen molar-refractivity contribution in [2.24, 2.45) is 7.05 Å². The number of amides is 1. The van der Waals surface area contributed by atoms with Crippen molar-refractivity contribution >= 4 is 46.7 Å². The number of pyridine rings is 1.